The smallest absolute Gasteiger partial charge is 0.220 e. The lowest BCUT2D eigenvalue weighted by Crippen LogP contribution is -2.36. The van der Waals surface area contributed by atoms with Gasteiger partial charge in [0.1, 0.15) is 0 Å². The third kappa shape index (κ3) is 4.60. The molecule has 3 nitrogen and oxygen atoms in total. The third-order valence-electron chi connectivity index (χ3n) is 4.52. The molecule has 3 unspecified atom stereocenters. The number of piperidine rings is 1. The molecule has 1 aliphatic heterocycles. The predicted molar refractivity (Wildman–Crippen MR) is 74.4 cm³/mol. The summed E-state index contributed by atoms with van der Waals surface area (Å²) in [5.74, 6) is 1.84. The standard InChI is InChI=1S/C15H28N2O/c1-12-5-6-13(10-12)11-17-15(18)8-7-14-4-2-3-9-16-14/h12-14,16H,2-11H2,1H3,(H,17,18). The number of nitrogens with one attached hydrogen (secondary N) is 2. The Kier molecular flexibility index (Phi) is 5.48. The molecular weight excluding hydrogens is 224 g/mol. The topological polar surface area (TPSA) is 41.1 Å². The van der Waals surface area contributed by atoms with Gasteiger partial charge in [-0.05, 0) is 50.5 Å². The Morgan fingerprint density at radius 3 is 2.83 bits per heavy atom. The van der Waals surface area contributed by atoms with Crippen molar-refractivity contribution in [3.8, 4) is 0 Å². The fourth-order valence-electron chi connectivity index (χ4n) is 3.33. The van der Waals surface area contributed by atoms with Crippen LogP contribution < -0.4 is 10.6 Å². The number of carbonyl (C=O) groups excluding carboxylic acids is 1. The van der Waals surface area contributed by atoms with E-state index in [2.05, 4.69) is 17.6 Å². The molecule has 2 fully saturated rings. The minimum Gasteiger partial charge on any atom is -0.356 e. The predicted octanol–water partition coefficient (Wildman–Crippen LogP) is 2.46. The van der Waals surface area contributed by atoms with E-state index in [0.717, 1.165) is 31.3 Å². The fourth-order valence-corrected chi connectivity index (χ4v) is 3.33. The van der Waals surface area contributed by atoms with Crippen molar-refractivity contribution < 1.29 is 4.79 Å². The van der Waals surface area contributed by atoms with E-state index in [1.54, 1.807) is 0 Å². The van der Waals surface area contributed by atoms with Crippen molar-refractivity contribution in [2.24, 2.45) is 11.8 Å². The molecule has 0 aromatic rings. The summed E-state index contributed by atoms with van der Waals surface area (Å²) in [7, 11) is 0. The van der Waals surface area contributed by atoms with Crippen molar-refractivity contribution in [3.63, 3.8) is 0 Å². The summed E-state index contributed by atoms with van der Waals surface area (Å²) in [4.78, 5) is 11.8. The molecule has 0 aromatic carbocycles. The Morgan fingerprint density at radius 2 is 2.17 bits per heavy atom. The molecular formula is C15H28N2O. The van der Waals surface area contributed by atoms with Gasteiger partial charge >= 0.3 is 0 Å². The van der Waals surface area contributed by atoms with E-state index < -0.39 is 0 Å². The van der Waals surface area contributed by atoms with Gasteiger partial charge in [-0.1, -0.05) is 19.8 Å². The van der Waals surface area contributed by atoms with Crippen LogP contribution in [0.15, 0.2) is 0 Å². The Balaban J connectivity index is 1.54. The molecule has 0 radical (unpaired) electrons. The monoisotopic (exact) mass is 252 g/mol. The van der Waals surface area contributed by atoms with Gasteiger partial charge in [0.2, 0.25) is 5.91 Å². The lowest BCUT2D eigenvalue weighted by atomic mass is 10.0. The largest absolute Gasteiger partial charge is 0.356 e. The van der Waals surface area contributed by atoms with E-state index in [1.165, 1.54) is 38.5 Å². The van der Waals surface area contributed by atoms with E-state index in [4.69, 9.17) is 0 Å². The molecule has 1 saturated carbocycles. The lowest BCUT2D eigenvalue weighted by Gasteiger charge is -2.23. The second kappa shape index (κ2) is 7.13. The first-order valence-electron chi connectivity index (χ1n) is 7.74. The maximum Gasteiger partial charge on any atom is 0.220 e. The van der Waals surface area contributed by atoms with Gasteiger partial charge in [0, 0.05) is 19.0 Å². The molecule has 1 aliphatic carbocycles. The van der Waals surface area contributed by atoms with Gasteiger partial charge < -0.3 is 10.6 Å². The molecule has 1 saturated heterocycles. The molecule has 0 spiro atoms. The molecule has 2 aliphatic rings. The zero-order valence-electron chi connectivity index (χ0n) is 11.7. The van der Waals surface area contributed by atoms with Crippen molar-refractivity contribution in [1.82, 2.24) is 10.6 Å². The molecule has 1 amide bonds. The summed E-state index contributed by atoms with van der Waals surface area (Å²) < 4.78 is 0. The summed E-state index contributed by atoms with van der Waals surface area (Å²) in [5, 5.41) is 6.62. The zero-order valence-corrected chi connectivity index (χ0v) is 11.7. The summed E-state index contributed by atoms with van der Waals surface area (Å²) in [6.07, 6.45) is 9.49. The first-order chi connectivity index (χ1) is 8.74. The van der Waals surface area contributed by atoms with Crippen LogP contribution in [0, 0.1) is 11.8 Å². The highest BCUT2D eigenvalue weighted by Crippen LogP contribution is 2.29. The average molecular weight is 252 g/mol. The van der Waals surface area contributed by atoms with Crippen LogP contribution >= 0.6 is 0 Å². The number of hydrogen-bond donors (Lipinski definition) is 2. The second-order valence-corrected chi connectivity index (χ2v) is 6.27. The number of carbonyl (C=O) groups is 1. The quantitative estimate of drug-likeness (QED) is 0.789. The SMILES string of the molecule is CC1CCC(CNC(=O)CCC2CCCCN2)C1. The van der Waals surface area contributed by atoms with E-state index in [-0.39, 0.29) is 5.91 Å². The highest BCUT2D eigenvalue weighted by Gasteiger charge is 2.21. The maximum atomic E-state index is 11.8. The van der Waals surface area contributed by atoms with Gasteiger partial charge in [-0.15, -0.1) is 0 Å². The normalized spacial score (nSPS) is 32.4. The van der Waals surface area contributed by atoms with Gasteiger partial charge in [0.05, 0.1) is 0 Å². The average Bonchev–Trinajstić information content (AvgIpc) is 2.81. The van der Waals surface area contributed by atoms with Crippen molar-refractivity contribution in [2.45, 2.75) is 64.3 Å². The van der Waals surface area contributed by atoms with Gasteiger partial charge in [-0.3, -0.25) is 4.79 Å². The van der Waals surface area contributed by atoms with Crippen molar-refractivity contribution >= 4 is 5.91 Å². The van der Waals surface area contributed by atoms with Crippen LogP contribution in [-0.4, -0.2) is 25.0 Å². The Morgan fingerprint density at radius 1 is 1.28 bits per heavy atom. The molecule has 1 heterocycles. The highest BCUT2D eigenvalue weighted by atomic mass is 16.1. The zero-order chi connectivity index (χ0) is 12.8. The van der Waals surface area contributed by atoms with Crippen LogP contribution in [0.3, 0.4) is 0 Å². The van der Waals surface area contributed by atoms with E-state index in [1.807, 2.05) is 0 Å². The van der Waals surface area contributed by atoms with Crippen molar-refractivity contribution in [1.29, 1.82) is 0 Å². The van der Waals surface area contributed by atoms with Gasteiger partial charge in [-0.25, -0.2) is 0 Å². The minimum atomic E-state index is 0.252. The van der Waals surface area contributed by atoms with Gasteiger partial charge in [-0.2, -0.15) is 0 Å². The van der Waals surface area contributed by atoms with E-state index in [0.29, 0.717) is 12.5 Å². The highest BCUT2D eigenvalue weighted by molar-refractivity contribution is 5.75. The summed E-state index contributed by atoms with van der Waals surface area (Å²) in [6, 6.07) is 0.580. The maximum absolute atomic E-state index is 11.8. The van der Waals surface area contributed by atoms with Crippen LogP contribution in [0.5, 0.6) is 0 Å². The molecule has 3 heteroatoms. The molecule has 0 aromatic heterocycles. The fraction of sp³-hybridized carbons (Fsp3) is 0.933. The number of hydrogen-bond acceptors (Lipinski definition) is 2. The van der Waals surface area contributed by atoms with Crippen LogP contribution in [0.4, 0.5) is 0 Å². The molecule has 18 heavy (non-hydrogen) atoms. The number of rotatable bonds is 5. The van der Waals surface area contributed by atoms with Crippen molar-refractivity contribution in [3.05, 3.63) is 0 Å². The molecule has 3 atom stereocenters. The third-order valence-corrected chi connectivity index (χ3v) is 4.52. The van der Waals surface area contributed by atoms with Crippen LogP contribution in [0.25, 0.3) is 0 Å². The molecule has 0 bridgehead atoms. The van der Waals surface area contributed by atoms with Crippen LogP contribution in [0.1, 0.15) is 58.3 Å². The Bertz CT molecular complexity index is 250. The van der Waals surface area contributed by atoms with Crippen LogP contribution in [-0.2, 0) is 4.79 Å². The summed E-state index contributed by atoms with van der Waals surface area (Å²) in [6.45, 7) is 4.35. The second-order valence-electron chi connectivity index (χ2n) is 6.27. The van der Waals surface area contributed by atoms with Crippen molar-refractivity contribution in [2.75, 3.05) is 13.1 Å². The Labute approximate surface area is 111 Å². The minimum absolute atomic E-state index is 0.252. The summed E-state index contributed by atoms with van der Waals surface area (Å²) >= 11 is 0. The van der Waals surface area contributed by atoms with E-state index >= 15 is 0 Å². The van der Waals surface area contributed by atoms with E-state index in [9.17, 15) is 4.79 Å². The lowest BCUT2D eigenvalue weighted by molar-refractivity contribution is -0.121. The molecule has 2 N–H and O–H groups in total. The first-order valence-corrected chi connectivity index (χ1v) is 7.74. The van der Waals surface area contributed by atoms with Gasteiger partial charge in [0.25, 0.3) is 0 Å². The van der Waals surface area contributed by atoms with Crippen LogP contribution in [0.2, 0.25) is 0 Å². The Hall–Kier alpha value is -0.570. The molecule has 2 rings (SSSR count). The number of amides is 1. The first kappa shape index (κ1) is 13.9. The van der Waals surface area contributed by atoms with Gasteiger partial charge in [0.15, 0.2) is 0 Å². The summed E-state index contributed by atoms with van der Waals surface area (Å²) in [5.41, 5.74) is 0. The molecule has 104 valence electrons.